The summed E-state index contributed by atoms with van der Waals surface area (Å²) in [5, 5.41) is 3.53. The number of rotatable bonds is 5. The van der Waals surface area contributed by atoms with Crippen LogP contribution < -0.4 is 10.2 Å². The molecule has 0 spiro atoms. The molecule has 0 saturated carbocycles. The molecule has 1 unspecified atom stereocenters. The Balaban J connectivity index is 1.54. The highest BCUT2D eigenvalue weighted by molar-refractivity contribution is 7.17. The van der Waals surface area contributed by atoms with Crippen LogP contribution in [-0.2, 0) is 27.2 Å². The molecule has 2 amide bonds. The van der Waals surface area contributed by atoms with Gasteiger partial charge in [0.1, 0.15) is 5.00 Å². The van der Waals surface area contributed by atoms with Crippen molar-refractivity contribution in [3.8, 4) is 0 Å². The van der Waals surface area contributed by atoms with Crippen LogP contribution in [0.2, 0.25) is 0 Å². The van der Waals surface area contributed by atoms with Gasteiger partial charge in [-0.15, -0.1) is 11.3 Å². The monoisotopic (exact) mass is 440 g/mol. The molecule has 1 N–H and O–H groups in total. The van der Waals surface area contributed by atoms with Gasteiger partial charge in [-0.25, -0.2) is 4.79 Å². The fourth-order valence-electron chi connectivity index (χ4n) is 4.51. The number of nitrogens with one attached hydrogen (secondary N) is 1. The van der Waals surface area contributed by atoms with Crippen molar-refractivity contribution in [3.63, 3.8) is 0 Å². The predicted molar refractivity (Wildman–Crippen MR) is 122 cm³/mol. The van der Waals surface area contributed by atoms with E-state index in [0.29, 0.717) is 23.7 Å². The molecule has 4 rings (SSSR count). The van der Waals surface area contributed by atoms with Gasteiger partial charge < -0.3 is 15.0 Å². The highest BCUT2D eigenvalue weighted by Crippen LogP contribution is 2.39. The highest BCUT2D eigenvalue weighted by Gasteiger charge is 2.37. The topological polar surface area (TPSA) is 75.7 Å². The number of carbonyl (C=O) groups excluding carboxylic acids is 3. The summed E-state index contributed by atoms with van der Waals surface area (Å²) >= 11 is 1.47. The first kappa shape index (κ1) is 21.6. The summed E-state index contributed by atoms with van der Waals surface area (Å²) in [4.78, 5) is 41.2. The first-order valence-corrected chi connectivity index (χ1v) is 11.7. The molecule has 0 bridgehead atoms. The number of amides is 2. The van der Waals surface area contributed by atoms with Crippen LogP contribution in [0.1, 0.15) is 58.1 Å². The fraction of sp³-hybridized carbons (Fsp3) is 0.458. The van der Waals surface area contributed by atoms with Gasteiger partial charge in [-0.1, -0.05) is 17.7 Å². The van der Waals surface area contributed by atoms with Gasteiger partial charge >= 0.3 is 5.97 Å². The lowest BCUT2D eigenvalue weighted by Crippen LogP contribution is -2.28. The molecule has 31 heavy (non-hydrogen) atoms. The van der Waals surface area contributed by atoms with Crippen molar-refractivity contribution in [2.24, 2.45) is 5.92 Å². The van der Waals surface area contributed by atoms with Gasteiger partial charge in [0.25, 0.3) is 0 Å². The molecule has 1 aliphatic heterocycles. The lowest BCUT2D eigenvalue weighted by Gasteiger charge is -2.19. The Morgan fingerprint density at radius 1 is 1.23 bits per heavy atom. The number of carbonyl (C=O) groups is 3. The van der Waals surface area contributed by atoms with Gasteiger partial charge in [0, 0.05) is 23.5 Å². The van der Waals surface area contributed by atoms with Crippen LogP contribution in [0, 0.1) is 19.8 Å². The van der Waals surface area contributed by atoms with E-state index in [2.05, 4.69) is 5.32 Å². The van der Waals surface area contributed by atoms with Crippen molar-refractivity contribution >= 4 is 39.8 Å². The number of aryl methyl sites for hydroxylation is 3. The van der Waals surface area contributed by atoms with E-state index in [1.54, 1.807) is 11.8 Å². The summed E-state index contributed by atoms with van der Waals surface area (Å²) in [7, 11) is 0. The van der Waals surface area contributed by atoms with E-state index in [9.17, 15) is 14.4 Å². The number of esters is 1. The van der Waals surface area contributed by atoms with E-state index in [4.69, 9.17) is 4.74 Å². The highest BCUT2D eigenvalue weighted by atomic mass is 32.1. The Labute approximate surface area is 186 Å². The first-order chi connectivity index (χ1) is 14.9. The van der Waals surface area contributed by atoms with Gasteiger partial charge in [0.2, 0.25) is 11.8 Å². The molecule has 1 fully saturated rings. The van der Waals surface area contributed by atoms with Crippen LogP contribution in [-0.4, -0.2) is 30.9 Å². The van der Waals surface area contributed by atoms with E-state index in [1.807, 2.05) is 32.0 Å². The summed E-state index contributed by atoms with van der Waals surface area (Å²) in [5.74, 6) is -1.10. The third-order valence-electron chi connectivity index (χ3n) is 6.03. The molecule has 1 aliphatic carbocycles. The maximum atomic E-state index is 13.1. The number of hydrogen-bond acceptors (Lipinski definition) is 5. The summed E-state index contributed by atoms with van der Waals surface area (Å²) < 4.78 is 5.27. The molecule has 1 aromatic heterocycles. The number of anilines is 2. The third kappa shape index (κ3) is 4.24. The zero-order valence-corrected chi connectivity index (χ0v) is 19.1. The summed E-state index contributed by atoms with van der Waals surface area (Å²) in [6.45, 7) is 6.40. The first-order valence-electron chi connectivity index (χ1n) is 10.9. The second-order valence-corrected chi connectivity index (χ2v) is 9.43. The maximum absolute atomic E-state index is 13.1. The van der Waals surface area contributed by atoms with E-state index < -0.39 is 5.92 Å². The number of benzene rings is 1. The van der Waals surface area contributed by atoms with E-state index in [0.717, 1.165) is 52.9 Å². The maximum Gasteiger partial charge on any atom is 0.341 e. The van der Waals surface area contributed by atoms with Crippen molar-refractivity contribution in [1.82, 2.24) is 0 Å². The van der Waals surface area contributed by atoms with Crippen LogP contribution in [0.15, 0.2) is 18.2 Å². The van der Waals surface area contributed by atoms with E-state index in [-0.39, 0.29) is 24.2 Å². The summed E-state index contributed by atoms with van der Waals surface area (Å²) in [5.41, 5.74) is 4.53. The smallest absolute Gasteiger partial charge is 0.341 e. The van der Waals surface area contributed by atoms with Gasteiger partial charge in [0.05, 0.1) is 18.1 Å². The quantitative estimate of drug-likeness (QED) is 0.699. The summed E-state index contributed by atoms with van der Waals surface area (Å²) in [6.07, 6.45) is 4.04. The molecule has 7 heteroatoms. The molecule has 0 radical (unpaired) electrons. The number of fused-ring (bicyclic) bond motifs is 1. The number of nitrogens with zero attached hydrogens (tertiary/aromatic N) is 1. The van der Waals surface area contributed by atoms with Crippen molar-refractivity contribution < 1.29 is 19.1 Å². The van der Waals surface area contributed by atoms with Crippen LogP contribution in [0.5, 0.6) is 0 Å². The Kier molecular flexibility index (Phi) is 6.14. The predicted octanol–water partition coefficient (Wildman–Crippen LogP) is 4.41. The molecule has 164 valence electrons. The van der Waals surface area contributed by atoms with Crippen LogP contribution in [0.25, 0.3) is 0 Å². The minimum atomic E-state index is -0.456. The molecular weight excluding hydrogens is 412 g/mol. The van der Waals surface area contributed by atoms with Crippen molar-refractivity contribution in [2.45, 2.75) is 52.9 Å². The molecule has 1 saturated heterocycles. The largest absolute Gasteiger partial charge is 0.462 e. The fourth-order valence-corrected chi connectivity index (χ4v) is 5.79. The van der Waals surface area contributed by atoms with Gasteiger partial charge in [-0.2, -0.15) is 0 Å². The minimum absolute atomic E-state index is 0.0526. The van der Waals surface area contributed by atoms with Crippen molar-refractivity contribution in [1.29, 1.82) is 0 Å². The van der Waals surface area contributed by atoms with Gasteiger partial charge in [0.15, 0.2) is 0 Å². The van der Waals surface area contributed by atoms with Crippen molar-refractivity contribution in [3.05, 3.63) is 45.3 Å². The Bertz CT molecular complexity index is 1040. The zero-order valence-electron chi connectivity index (χ0n) is 18.2. The Hall–Kier alpha value is -2.67. The molecule has 1 aromatic carbocycles. The lowest BCUT2D eigenvalue weighted by molar-refractivity contribution is -0.122. The van der Waals surface area contributed by atoms with Crippen molar-refractivity contribution in [2.75, 3.05) is 23.4 Å². The normalized spacial score (nSPS) is 18.1. The second kappa shape index (κ2) is 8.83. The van der Waals surface area contributed by atoms with Crippen LogP contribution >= 0.6 is 11.3 Å². The standard InChI is InChI=1S/C24H28N2O4S/c1-4-30-24(29)21-17-7-5-6-8-19(17)31-23(21)25-22(28)16-12-20(27)26(13-16)18-10-9-14(2)11-15(18)3/h9-11,16H,4-8,12-13H2,1-3H3,(H,25,28). The van der Waals surface area contributed by atoms with E-state index in [1.165, 1.54) is 11.3 Å². The Morgan fingerprint density at radius 3 is 2.74 bits per heavy atom. The SMILES string of the molecule is CCOC(=O)c1c(NC(=O)C2CC(=O)N(c3ccc(C)cc3C)C2)sc2c1CCCC2. The Morgan fingerprint density at radius 2 is 2.00 bits per heavy atom. The lowest BCUT2D eigenvalue weighted by atomic mass is 9.95. The van der Waals surface area contributed by atoms with E-state index >= 15 is 0 Å². The zero-order chi connectivity index (χ0) is 22.1. The molecule has 1 atom stereocenters. The van der Waals surface area contributed by atoms with Gasteiger partial charge in [-0.05, 0) is 63.6 Å². The molecule has 2 aliphatic rings. The molecular formula is C24H28N2O4S. The molecule has 2 aromatic rings. The number of ether oxygens (including phenoxy) is 1. The second-order valence-electron chi connectivity index (χ2n) is 8.32. The third-order valence-corrected chi connectivity index (χ3v) is 7.23. The van der Waals surface area contributed by atoms with Crippen LogP contribution in [0.4, 0.5) is 10.7 Å². The number of thiophene rings is 1. The average molecular weight is 441 g/mol. The summed E-state index contributed by atoms with van der Waals surface area (Å²) in [6, 6.07) is 5.96. The van der Waals surface area contributed by atoms with Gasteiger partial charge in [-0.3, -0.25) is 9.59 Å². The van der Waals surface area contributed by atoms with Crippen LogP contribution in [0.3, 0.4) is 0 Å². The molecule has 2 heterocycles. The average Bonchev–Trinajstić information content (AvgIpc) is 3.28. The molecule has 6 nitrogen and oxygen atoms in total. The minimum Gasteiger partial charge on any atom is -0.462 e. The number of hydrogen-bond donors (Lipinski definition) is 1.